The summed E-state index contributed by atoms with van der Waals surface area (Å²) in [5.41, 5.74) is 0.934. The van der Waals surface area contributed by atoms with E-state index in [1.54, 1.807) is 24.0 Å². The van der Waals surface area contributed by atoms with Crippen LogP contribution in [0.1, 0.15) is 37.2 Å². The van der Waals surface area contributed by atoms with Gasteiger partial charge >= 0.3 is 5.97 Å². The standard InChI is InChI=1S/C14H18N4O3/c1-4-17(5-2)13(19)9(3)18-12-10(14(20)21)7-6-8-11(12)15-16-18/h6-9H,4-5H2,1-3H3,(H,20,21). The second-order valence-electron chi connectivity index (χ2n) is 4.70. The van der Waals surface area contributed by atoms with Gasteiger partial charge in [0.15, 0.2) is 0 Å². The predicted molar refractivity (Wildman–Crippen MR) is 77.1 cm³/mol. The number of rotatable bonds is 5. The number of fused-ring (bicyclic) bond motifs is 1. The number of carbonyl (C=O) groups is 2. The molecule has 0 radical (unpaired) electrons. The molecule has 1 aromatic carbocycles. The van der Waals surface area contributed by atoms with E-state index in [-0.39, 0.29) is 11.5 Å². The van der Waals surface area contributed by atoms with Crippen LogP contribution in [0.5, 0.6) is 0 Å². The molecule has 1 N–H and O–H groups in total. The number of hydrogen-bond donors (Lipinski definition) is 1. The van der Waals surface area contributed by atoms with Gasteiger partial charge in [-0.15, -0.1) is 5.10 Å². The van der Waals surface area contributed by atoms with Crippen LogP contribution < -0.4 is 0 Å². The van der Waals surface area contributed by atoms with E-state index in [9.17, 15) is 14.7 Å². The van der Waals surface area contributed by atoms with Crippen LogP contribution in [-0.2, 0) is 4.79 Å². The third-order valence-corrected chi connectivity index (χ3v) is 3.52. The number of carboxylic acid groups (broad SMARTS) is 1. The van der Waals surface area contributed by atoms with Crippen LogP contribution in [0.2, 0.25) is 0 Å². The van der Waals surface area contributed by atoms with Crippen LogP contribution in [-0.4, -0.2) is 50.0 Å². The second kappa shape index (κ2) is 5.90. The summed E-state index contributed by atoms with van der Waals surface area (Å²) in [5.74, 6) is -1.17. The molecule has 1 aromatic heterocycles. The number of benzene rings is 1. The third kappa shape index (κ3) is 2.58. The molecule has 1 atom stereocenters. The molecule has 0 fully saturated rings. The molecule has 1 unspecified atom stereocenters. The van der Waals surface area contributed by atoms with Crippen molar-refractivity contribution in [2.24, 2.45) is 0 Å². The zero-order chi connectivity index (χ0) is 15.6. The van der Waals surface area contributed by atoms with E-state index in [0.29, 0.717) is 24.1 Å². The van der Waals surface area contributed by atoms with Crippen molar-refractivity contribution in [1.82, 2.24) is 19.9 Å². The van der Waals surface area contributed by atoms with Crippen molar-refractivity contribution >= 4 is 22.9 Å². The summed E-state index contributed by atoms with van der Waals surface area (Å²) < 4.78 is 1.39. The van der Waals surface area contributed by atoms with E-state index < -0.39 is 12.0 Å². The molecule has 7 nitrogen and oxygen atoms in total. The summed E-state index contributed by atoms with van der Waals surface area (Å²) in [5, 5.41) is 17.2. The molecule has 2 aromatic rings. The Kier molecular flexibility index (Phi) is 4.21. The van der Waals surface area contributed by atoms with Gasteiger partial charge in [0, 0.05) is 13.1 Å². The van der Waals surface area contributed by atoms with Crippen LogP contribution in [0.4, 0.5) is 0 Å². The van der Waals surface area contributed by atoms with Gasteiger partial charge in [-0.3, -0.25) is 4.79 Å². The summed E-state index contributed by atoms with van der Waals surface area (Å²) in [4.78, 5) is 25.4. The fraction of sp³-hybridized carbons (Fsp3) is 0.429. The molecule has 112 valence electrons. The smallest absolute Gasteiger partial charge is 0.337 e. The predicted octanol–water partition coefficient (Wildman–Crippen LogP) is 1.56. The molecule has 0 spiro atoms. The fourth-order valence-corrected chi connectivity index (χ4v) is 2.34. The van der Waals surface area contributed by atoms with Crippen LogP contribution in [0.25, 0.3) is 11.0 Å². The molecule has 0 aliphatic carbocycles. The van der Waals surface area contributed by atoms with Gasteiger partial charge in [0.25, 0.3) is 0 Å². The van der Waals surface area contributed by atoms with Gasteiger partial charge in [0.1, 0.15) is 17.1 Å². The third-order valence-electron chi connectivity index (χ3n) is 3.52. The van der Waals surface area contributed by atoms with Gasteiger partial charge in [-0.1, -0.05) is 11.3 Å². The molecule has 0 bridgehead atoms. The van der Waals surface area contributed by atoms with E-state index in [1.165, 1.54) is 10.7 Å². The molecule has 2 rings (SSSR count). The highest BCUT2D eigenvalue weighted by Gasteiger charge is 2.25. The average molecular weight is 290 g/mol. The number of aromatic carboxylic acids is 1. The van der Waals surface area contributed by atoms with Crippen molar-refractivity contribution in [3.63, 3.8) is 0 Å². The number of hydrogen-bond acceptors (Lipinski definition) is 4. The lowest BCUT2D eigenvalue weighted by Crippen LogP contribution is -2.36. The normalized spacial score (nSPS) is 12.3. The highest BCUT2D eigenvalue weighted by atomic mass is 16.4. The zero-order valence-electron chi connectivity index (χ0n) is 12.3. The van der Waals surface area contributed by atoms with Crippen LogP contribution in [0.15, 0.2) is 18.2 Å². The van der Waals surface area contributed by atoms with Crippen LogP contribution in [0.3, 0.4) is 0 Å². The molecule has 7 heteroatoms. The Morgan fingerprint density at radius 1 is 1.33 bits per heavy atom. The maximum atomic E-state index is 12.4. The van der Waals surface area contributed by atoms with Crippen molar-refractivity contribution < 1.29 is 14.7 Å². The van der Waals surface area contributed by atoms with Crippen molar-refractivity contribution in [1.29, 1.82) is 0 Å². The fourth-order valence-electron chi connectivity index (χ4n) is 2.34. The first-order valence-corrected chi connectivity index (χ1v) is 6.87. The number of amides is 1. The molecule has 0 saturated heterocycles. The molecule has 0 saturated carbocycles. The Bertz CT molecular complexity index is 676. The summed E-state index contributed by atoms with van der Waals surface area (Å²) in [6, 6.07) is 4.18. The monoisotopic (exact) mass is 290 g/mol. The van der Waals surface area contributed by atoms with Gasteiger partial charge in [-0.05, 0) is 32.9 Å². The second-order valence-corrected chi connectivity index (χ2v) is 4.70. The molecule has 0 aliphatic heterocycles. The average Bonchev–Trinajstić information content (AvgIpc) is 2.91. The maximum Gasteiger partial charge on any atom is 0.337 e. The minimum absolute atomic E-state index is 0.0942. The number of nitrogens with zero attached hydrogens (tertiary/aromatic N) is 4. The highest BCUT2D eigenvalue weighted by molar-refractivity contribution is 6.01. The molecular formula is C14H18N4O3. The first-order valence-electron chi connectivity index (χ1n) is 6.87. The number of aromatic nitrogens is 3. The van der Waals surface area contributed by atoms with E-state index >= 15 is 0 Å². The maximum absolute atomic E-state index is 12.4. The quantitative estimate of drug-likeness (QED) is 0.902. The van der Waals surface area contributed by atoms with Crippen molar-refractivity contribution in [2.45, 2.75) is 26.8 Å². The first-order chi connectivity index (χ1) is 10.0. The van der Waals surface area contributed by atoms with Gasteiger partial charge in [0.05, 0.1) is 5.56 Å². The Labute approximate surface area is 122 Å². The molecular weight excluding hydrogens is 272 g/mol. The highest BCUT2D eigenvalue weighted by Crippen LogP contribution is 2.21. The molecule has 0 aliphatic rings. The van der Waals surface area contributed by atoms with Crippen LogP contribution in [0, 0.1) is 0 Å². The lowest BCUT2D eigenvalue weighted by Gasteiger charge is -2.23. The Balaban J connectivity index is 2.52. The van der Waals surface area contributed by atoms with E-state index in [2.05, 4.69) is 10.3 Å². The Morgan fingerprint density at radius 2 is 2.00 bits per heavy atom. The van der Waals surface area contributed by atoms with Gasteiger partial charge in [-0.2, -0.15) is 0 Å². The molecule has 1 amide bonds. The lowest BCUT2D eigenvalue weighted by atomic mass is 10.1. The SMILES string of the molecule is CCN(CC)C(=O)C(C)n1nnc2cccc(C(=O)O)c21. The van der Waals surface area contributed by atoms with Gasteiger partial charge < -0.3 is 10.0 Å². The lowest BCUT2D eigenvalue weighted by molar-refractivity contribution is -0.134. The minimum Gasteiger partial charge on any atom is -0.478 e. The van der Waals surface area contributed by atoms with E-state index in [4.69, 9.17) is 0 Å². The van der Waals surface area contributed by atoms with Crippen molar-refractivity contribution in [3.05, 3.63) is 23.8 Å². The number of likely N-dealkylation sites (N-methyl/N-ethyl adjacent to an activating group) is 1. The van der Waals surface area contributed by atoms with E-state index in [0.717, 1.165) is 0 Å². The zero-order valence-corrected chi connectivity index (χ0v) is 12.3. The van der Waals surface area contributed by atoms with Gasteiger partial charge in [0.2, 0.25) is 5.91 Å². The first kappa shape index (κ1) is 15.0. The largest absolute Gasteiger partial charge is 0.478 e. The Hall–Kier alpha value is -2.44. The summed E-state index contributed by atoms with van der Waals surface area (Å²) >= 11 is 0. The number of carbonyl (C=O) groups excluding carboxylic acids is 1. The van der Waals surface area contributed by atoms with Crippen molar-refractivity contribution in [2.75, 3.05) is 13.1 Å². The number of carboxylic acids is 1. The minimum atomic E-state index is -1.06. The topological polar surface area (TPSA) is 88.3 Å². The van der Waals surface area contributed by atoms with Gasteiger partial charge in [-0.25, -0.2) is 9.48 Å². The molecule has 1 heterocycles. The van der Waals surface area contributed by atoms with Crippen molar-refractivity contribution in [3.8, 4) is 0 Å². The van der Waals surface area contributed by atoms with Crippen LogP contribution >= 0.6 is 0 Å². The summed E-state index contributed by atoms with van der Waals surface area (Å²) in [6.07, 6.45) is 0. The Morgan fingerprint density at radius 3 is 2.57 bits per heavy atom. The summed E-state index contributed by atoms with van der Waals surface area (Å²) in [7, 11) is 0. The number of para-hydroxylation sites is 1. The van der Waals surface area contributed by atoms with E-state index in [1.807, 2.05) is 13.8 Å². The molecule has 21 heavy (non-hydrogen) atoms. The summed E-state index contributed by atoms with van der Waals surface area (Å²) in [6.45, 7) is 6.69.